The molecule has 1 fully saturated rings. The van der Waals surface area contributed by atoms with Crippen molar-refractivity contribution < 1.29 is 34.8 Å². The van der Waals surface area contributed by atoms with E-state index >= 15 is 0 Å². The van der Waals surface area contributed by atoms with Crippen LogP contribution in [0.4, 0.5) is 13.2 Å². The van der Waals surface area contributed by atoms with Crippen molar-refractivity contribution in [3.8, 4) is 0 Å². The summed E-state index contributed by atoms with van der Waals surface area (Å²) in [5.41, 5.74) is -0.927. The lowest BCUT2D eigenvalue weighted by molar-refractivity contribution is -0.137. The molecule has 12 heteroatoms. The molecule has 1 saturated heterocycles. The molecule has 0 spiro atoms. The van der Waals surface area contributed by atoms with Gasteiger partial charge in [-0.3, -0.25) is 4.79 Å². The monoisotopic (exact) mass is 442 g/mol. The fourth-order valence-corrected chi connectivity index (χ4v) is 6.21. The molecule has 0 bridgehead atoms. The fourth-order valence-electron chi connectivity index (χ4n) is 2.98. The third-order valence-electron chi connectivity index (χ3n) is 4.52. The van der Waals surface area contributed by atoms with Crippen molar-refractivity contribution in [3.63, 3.8) is 0 Å². The highest BCUT2D eigenvalue weighted by molar-refractivity contribution is 7.92. The van der Waals surface area contributed by atoms with Crippen LogP contribution in [0.5, 0.6) is 0 Å². The smallest absolute Gasteiger partial charge is 0.358 e. The van der Waals surface area contributed by atoms with Gasteiger partial charge in [-0.15, -0.1) is 0 Å². The van der Waals surface area contributed by atoms with Gasteiger partial charge in [0.05, 0.1) is 16.6 Å². The SMILES string of the molecule is CNC(=O)CS(=O)(=O)C1CCN(S(=O)(=O)Cc2cccc(C(F)(F)F)c2)CC1. The van der Waals surface area contributed by atoms with E-state index in [-0.39, 0.29) is 31.5 Å². The maximum absolute atomic E-state index is 12.8. The zero-order valence-corrected chi connectivity index (χ0v) is 16.7. The number of nitrogens with zero attached hydrogens (tertiary/aromatic N) is 1. The molecule has 1 N–H and O–H groups in total. The van der Waals surface area contributed by atoms with Crippen LogP contribution in [0.1, 0.15) is 24.0 Å². The molecule has 0 atom stereocenters. The molecule has 158 valence electrons. The molecule has 1 aliphatic heterocycles. The number of carbonyl (C=O) groups excluding carboxylic acids is 1. The van der Waals surface area contributed by atoms with E-state index in [1.807, 2.05) is 0 Å². The minimum atomic E-state index is -4.57. The third-order valence-corrected chi connectivity index (χ3v) is 8.52. The van der Waals surface area contributed by atoms with Crippen molar-refractivity contribution in [1.29, 1.82) is 0 Å². The number of carbonyl (C=O) groups is 1. The normalized spacial score (nSPS) is 17.4. The second kappa shape index (κ2) is 8.37. The summed E-state index contributed by atoms with van der Waals surface area (Å²) in [6.07, 6.45) is -4.51. The predicted molar refractivity (Wildman–Crippen MR) is 96.5 cm³/mol. The maximum Gasteiger partial charge on any atom is 0.416 e. The molecule has 1 aromatic rings. The van der Waals surface area contributed by atoms with Gasteiger partial charge < -0.3 is 5.32 Å². The zero-order chi connectivity index (χ0) is 21.2. The predicted octanol–water partition coefficient (Wildman–Crippen LogP) is 1.16. The molecule has 28 heavy (non-hydrogen) atoms. The highest BCUT2D eigenvalue weighted by Crippen LogP contribution is 2.30. The Bertz CT molecular complexity index is 922. The first kappa shape index (κ1) is 22.6. The molecule has 1 heterocycles. The molecule has 0 saturated carbocycles. The number of piperidine rings is 1. The minimum absolute atomic E-state index is 0.00388. The molecule has 2 rings (SSSR count). The van der Waals surface area contributed by atoms with Gasteiger partial charge in [0.25, 0.3) is 0 Å². The molecule has 1 amide bonds. The van der Waals surface area contributed by atoms with Crippen LogP contribution < -0.4 is 5.32 Å². The van der Waals surface area contributed by atoms with Gasteiger partial charge in [-0.1, -0.05) is 18.2 Å². The molecule has 0 radical (unpaired) electrons. The molecule has 0 aliphatic carbocycles. The van der Waals surface area contributed by atoms with E-state index in [1.54, 1.807) is 0 Å². The summed E-state index contributed by atoms with van der Waals surface area (Å²) < 4.78 is 88.9. The van der Waals surface area contributed by atoms with E-state index in [2.05, 4.69) is 5.32 Å². The van der Waals surface area contributed by atoms with Gasteiger partial charge >= 0.3 is 6.18 Å². The van der Waals surface area contributed by atoms with Crippen molar-refractivity contribution >= 4 is 25.8 Å². The molecular formula is C16H21F3N2O5S2. The lowest BCUT2D eigenvalue weighted by Gasteiger charge is -2.31. The van der Waals surface area contributed by atoms with Crippen molar-refractivity contribution in [1.82, 2.24) is 9.62 Å². The van der Waals surface area contributed by atoms with Gasteiger partial charge in [0, 0.05) is 20.1 Å². The molecule has 7 nitrogen and oxygen atoms in total. The van der Waals surface area contributed by atoms with Crippen LogP contribution in [-0.2, 0) is 36.6 Å². The number of rotatable bonds is 6. The van der Waals surface area contributed by atoms with E-state index in [0.29, 0.717) is 0 Å². The third kappa shape index (κ3) is 5.67. The van der Waals surface area contributed by atoms with Crippen molar-refractivity contribution in [2.75, 3.05) is 25.9 Å². The number of halogens is 3. The summed E-state index contributed by atoms with van der Waals surface area (Å²) in [7, 11) is -6.29. The number of benzene rings is 1. The van der Waals surface area contributed by atoms with E-state index in [0.717, 1.165) is 22.5 Å². The fraction of sp³-hybridized carbons (Fsp3) is 0.562. The molecule has 1 aromatic carbocycles. The Labute approximate surface area is 161 Å². The summed E-state index contributed by atoms with van der Waals surface area (Å²) in [6, 6.07) is 4.09. The van der Waals surface area contributed by atoms with Gasteiger partial charge in [0.15, 0.2) is 9.84 Å². The van der Waals surface area contributed by atoms with Gasteiger partial charge in [0.2, 0.25) is 15.9 Å². The summed E-state index contributed by atoms with van der Waals surface area (Å²) >= 11 is 0. The van der Waals surface area contributed by atoms with Crippen LogP contribution in [0.15, 0.2) is 24.3 Å². The first-order valence-electron chi connectivity index (χ1n) is 8.41. The average molecular weight is 442 g/mol. The van der Waals surface area contributed by atoms with Gasteiger partial charge in [-0.05, 0) is 24.5 Å². The van der Waals surface area contributed by atoms with Crippen LogP contribution >= 0.6 is 0 Å². The lowest BCUT2D eigenvalue weighted by atomic mass is 10.1. The molecule has 0 aromatic heterocycles. The van der Waals surface area contributed by atoms with Crippen LogP contribution in [0.25, 0.3) is 0 Å². The summed E-state index contributed by atoms with van der Waals surface area (Å²) in [6.45, 7) is -0.141. The summed E-state index contributed by atoms with van der Waals surface area (Å²) in [4.78, 5) is 11.3. The molecular weight excluding hydrogens is 421 g/mol. The Morgan fingerprint density at radius 1 is 1.18 bits per heavy atom. The highest BCUT2D eigenvalue weighted by Gasteiger charge is 2.35. The van der Waals surface area contributed by atoms with Crippen LogP contribution in [0.2, 0.25) is 0 Å². The van der Waals surface area contributed by atoms with Crippen molar-refractivity contribution in [3.05, 3.63) is 35.4 Å². The van der Waals surface area contributed by atoms with E-state index in [1.165, 1.54) is 13.1 Å². The Balaban J connectivity index is 2.05. The van der Waals surface area contributed by atoms with Crippen LogP contribution in [0, 0.1) is 0 Å². The quantitative estimate of drug-likeness (QED) is 0.713. The topological polar surface area (TPSA) is 101 Å². The number of sulfone groups is 1. The summed E-state index contributed by atoms with van der Waals surface area (Å²) in [5, 5.41) is 1.40. The number of alkyl halides is 3. The number of nitrogens with one attached hydrogen (secondary N) is 1. The summed E-state index contributed by atoms with van der Waals surface area (Å²) in [5.74, 6) is -1.91. The standard InChI is InChI=1S/C16H21F3N2O5S2/c1-20-15(22)11-27(23,24)14-5-7-21(8-6-14)28(25,26)10-12-3-2-4-13(9-12)16(17,18)19/h2-4,9,14H,5-8,10-11H2,1H3,(H,20,22). The number of sulfonamides is 1. The second-order valence-corrected chi connectivity index (χ2v) is 10.8. The molecule has 1 aliphatic rings. The zero-order valence-electron chi connectivity index (χ0n) is 15.1. The van der Waals surface area contributed by atoms with Gasteiger partial charge in [0.1, 0.15) is 5.75 Å². The van der Waals surface area contributed by atoms with Gasteiger partial charge in [-0.25, -0.2) is 21.1 Å². The largest absolute Gasteiger partial charge is 0.416 e. The van der Waals surface area contributed by atoms with E-state index < -0.39 is 54.3 Å². The lowest BCUT2D eigenvalue weighted by Crippen LogP contribution is -2.44. The Hall–Kier alpha value is -1.66. The number of hydrogen-bond acceptors (Lipinski definition) is 5. The van der Waals surface area contributed by atoms with Crippen LogP contribution in [0.3, 0.4) is 0 Å². The number of amides is 1. The Morgan fingerprint density at radius 3 is 2.32 bits per heavy atom. The number of hydrogen-bond donors (Lipinski definition) is 1. The van der Waals surface area contributed by atoms with Crippen molar-refractivity contribution in [2.24, 2.45) is 0 Å². The second-order valence-electron chi connectivity index (χ2n) is 6.53. The minimum Gasteiger partial charge on any atom is -0.358 e. The van der Waals surface area contributed by atoms with Crippen molar-refractivity contribution in [2.45, 2.75) is 30.0 Å². The average Bonchev–Trinajstić information content (AvgIpc) is 2.60. The van der Waals surface area contributed by atoms with E-state index in [4.69, 9.17) is 0 Å². The maximum atomic E-state index is 12.8. The Kier molecular flexibility index (Phi) is 6.77. The molecule has 0 unspecified atom stereocenters. The first-order chi connectivity index (χ1) is 12.8. The highest BCUT2D eigenvalue weighted by atomic mass is 32.2. The first-order valence-corrected chi connectivity index (χ1v) is 11.7. The Morgan fingerprint density at radius 2 is 1.79 bits per heavy atom. The van der Waals surface area contributed by atoms with E-state index in [9.17, 15) is 34.8 Å². The van der Waals surface area contributed by atoms with Crippen LogP contribution in [-0.4, -0.2) is 58.2 Å². The van der Waals surface area contributed by atoms with Gasteiger partial charge in [-0.2, -0.15) is 13.2 Å².